The molecule has 0 atom stereocenters. The van der Waals surface area contributed by atoms with Crippen LogP contribution in [0.25, 0.3) is 0 Å². The fourth-order valence-electron chi connectivity index (χ4n) is 3.24. The molecule has 2 fully saturated rings. The molecule has 2 aliphatic rings. The number of amides is 1. The van der Waals surface area contributed by atoms with E-state index in [2.05, 4.69) is 22.6 Å². The van der Waals surface area contributed by atoms with E-state index in [0.717, 1.165) is 25.6 Å². The standard InChI is InChI=1S/C15H29N3O/c1-18(11-8-13-6-9-16-10-7-13)12-15(19)17-14-4-2-3-5-14/h13-14,16H,2-12H2,1H3,(H,17,19). The molecule has 0 aromatic carbocycles. The van der Waals surface area contributed by atoms with Crippen LogP contribution >= 0.6 is 0 Å². The zero-order valence-electron chi connectivity index (χ0n) is 12.3. The first-order valence-electron chi connectivity index (χ1n) is 7.92. The van der Waals surface area contributed by atoms with E-state index in [-0.39, 0.29) is 5.91 Å². The lowest BCUT2D eigenvalue weighted by molar-refractivity contribution is -0.122. The van der Waals surface area contributed by atoms with Crippen LogP contribution in [0.5, 0.6) is 0 Å². The number of piperidine rings is 1. The summed E-state index contributed by atoms with van der Waals surface area (Å²) >= 11 is 0. The first-order chi connectivity index (χ1) is 9.24. The van der Waals surface area contributed by atoms with Crippen LogP contribution in [0.1, 0.15) is 44.9 Å². The van der Waals surface area contributed by atoms with Gasteiger partial charge in [0.2, 0.25) is 5.91 Å². The number of carbonyl (C=O) groups excluding carboxylic acids is 1. The maximum atomic E-state index is 11.9. The second-order valence-electron chi connectivity index (χ2n) is 6.27. The molecule has 1 heterocycles. The normalized spacial score (nSPS) is 22.0. The molecule has 1 aliphatic carbocycles. The van der Waals surface area contributed by atoms with Crippen molar-refractivity contribution >= 4 is 5.91 Å². The van der Waals surface area contributed by atoms with Gasteiger partial charge in [0, 0.05) is 6.04 Å². The molecule has 0 spiro atoms. The molecule has 0 bridgehead atoms. The molecule has 1 amide bonds. The molecule has 2 rings (SSSR count). The molecule has 0 unspecified atom stereocenters. The second-order valence-corrected chi connectivity index (χ2v) is 6.27. The lowest BCUT2D eigenvalue weighted by Gasteiger charge is -2.25. The number of carbonyl (C=O) groups is 1. The molecule has 110 valence electrons. The predicted molar refractivity (Wildman–Crippen MR) is 78.1 cm³/mol. The summed E-state index contributed by atoms with van der Waals surface area (Å²) in [5.74, 6) is 1.06. The number of rotatable bonds is 6. The molecular weight excluding hydrogens is 238 g/mol. The average molecular weight is 267 g/mol. The molecule has 2 N–H and O–H groups in total. The Kier molecular flexibility index (Phi) is 6.11. The number of nitrogens with zero attached hydrogens (tertiary/aromatic N) is 1. The molecule has 0 aromatic heterocycles. The lowest BCUT2D eigenvalue weighted by Crippen LogP contribution is -2.40. The van der Waals surface area contributed by atoms with Crippen LogP contribution in [0.2, 0.25) is 0 Å². The SMILES string of the molecule is CN(CCC1CCNCC1)CC(=O)NC1CCCC1. The van der Waals surface area contributed by atoms with E-state index >= 15 is 0 Å². The maximum Gasteiger partial charge on any atom is 0.234 e. The summed E-state index contributed by atoms with van der Waals surface area (Å²) in [5, 5.41) is 6.55. The molecule has 1 saturated heterocycles. The van der Waals surface area contributed by atoms with E-state index < -0.39 is 0 Å². The van der Waals surface area contributed by atoms with Crippen molar-refractivity contribution in [2.75, 3.05) is 33.2 Å². The van der Waals surface area contributed by atoms with E-state index in [0.29, 0.717) is 12.6 Å². The maximum absolute atomic E-state index is 11.9. The van der Waals surface area contributed by atoms with Crippen LogP contribution in [0.4, 0.5) is 0 Å². The summed E-state index contributed by atoms with van der Waals surface area (Å²) < 4.78 is 0. The van der Waals surface area contributed by atoms with Crippen molar-refractivity contribution in [2.45, 2.75) is 51.0 Å². The molecule has 1 aliphatic heterocycles. The van der Waals surface area contributed by atoms with Crippen molar-refractivity contribution in [3.63, 3.8) is 0 Å². The largest absolute Gasteiger partial charge is 0.352 e. The fraction of sp³-hybridized carbons (Fsp3) is 0.933. The quantitative estimate of drug-likeness (QED) is 0.764. The third kappa shape index (κ3) is 5.49. The minimum atomic E-state index is 0.208. The Bertz CT molecular complexity index is 271. The molecule has 1 saturated carbocycles. The van der Waals surface area contributed by atoms with E-state index in [1.165, 1.54) is 44.9 Å². The summed E-state index contributed by atoms with van der Waals surface area (Å²) in [4.78, 5) is 14.1. The molecule has 0 aromatic rings. The monoisotopic (exact) mass is 267 g/mol. The van der Waals surface area contributed by atoms with Gasteiger partial charge in [0.15, 0.2) is 0 Å². The Hall–Kier alpha value is -0.610. The molecule has 4 nitrogen and oxygen atoms in total. The first-order valence-corrected chi connectivity index (χ1v) is 7.92. The smallest absolute Gasteiger partial charge is 0.234 e. The summed E-state index contributed by atoms with van der Waals surface area (Å²) in [5.41, 5.74) is 0. The highest BCUT2D eigenvalue weighted by molar-refractivity contribution is 5.78. The Labute approximate surface area is 117 Å². The summed E-state index contributed by atoms with van der Waals surface area (Å²) in [6, 6.07) is 0.449. The molecule has 4 heteroatoms. The van der Waals surface area contributed by atoms with Crippen molar-refractivity contribution < 1.29 is 4.79 Å². The van der Waals surface area contributed by atoms with Gasteiger partial charge in [0.25, 0.3) is 0 Å². The zero-order chi connectivity index (χ0) is 13.5. The van der Waals surface area contributed by atoms with Crippen LogP contribution in [0.3, 0.4) is 0 Å². The van der Waals surface area contributed by atoms with Gasteiger partial charge in [-0.2, -0.15) is 0 Å². The van der Waals surface area contributed by atoms with Gasteiger partial charge in [0.1, 0.15) is 0 Å². The number of hydrogen-bond donors (Lipinski definition) is 2. The average Bonchev–Trinajstić information content (AvgIpc) is 2.90. The van der Waals surface area contributed by atoms with Gasteiger partial charge in [-0.1, -0.05) is 12.8 Å². The molecular formula is C15H29N3O. The van der Waals surface area contributed by atoms with Crippen LogP contribution in [-0.4, -0.2) is 50.1 Å². The summed E-state index contributed by atoms with van der Waals surface area (Å²) in [6.07, 6.45) is 8.71. The Morgan fingerprint density at radius 1 is 1.21 bits per heavy atom. The third-order valence-corrected chi connectivity index (χ3v) is 4.51. The number of hydrogen-bond acceptors (Lipinski definition) is 3. The lowest BCUT2D eigenvalue weighted by atomic mass is 9.94. The molecule has 0 radical (unpaired) electrons. The van der Waals surface area contributed by atoms with Crippen LogP contribution in [0.15, 0.2) is 0 Å². The predicted octanol–water partition coefficient (Wildman–Crippen LogP) is 1.37. The van der Waals surface area contributed by atoms with Crippen molar-refractivity contribution in [3.8, 4) is 0 Å². The van der Waals surface area contributed by atoms with E-state index in [1.54, 1.807) is 0 Å². The number of likely N-dealkylation sites (N-methyl/N-ethyl adjacent to an activating group) is 1. The Morgan fingerprint density at radius 3 is 2.58 bits per heavy atom. The highest BCUT2D eigenvalue weighted by Gasteiger charge is 2.18. The van der Waals surface area contributed by atoms with Gasteiger partial charge in [-0.3, -0.25) is 9.69 Å². The van der Waals surface area contributed by atoms with Crippen molar-refractivity contribution in [2.24, 2.45) is 5.92 Å². The van der Waals surface area contributed by atoms with E-state index in [1.807, 2.05) is 0 Å². The highest BCUT2D eigenvalue weighted by atomic mass is 16.2. The van der Waals surface area contributed by atoms with Gasteiger partial charge >= 0.3 is 0 Å². The summed E-state index contributed by atoms with van der Waals surface area (Å²) in [6.45, 7) is 3.93. The van der Waals surface area contributed by atoms with E-state index in [4.69, 9.17) is 0 Å². The van der Waals surface area contributed by atoms with Gasteiger partial charge in [-0.05, 0) is 64.7 Å². The third-order valence-electron chi connectivity index (χ3n) is 4.51. The van der Waals surface area contributed by atoms with Crippen molar-refractivity contribution in [3.05, 3.63) is 0 Å². The first kappa shape index (κ1) is 14.8. The van der Waals surface area contributed by atoms with Gasteiger partial charge in [-0.15, -0.1) is 0 Å². The second kappa shape index (κ2) is 7.85. The molecule has 19 heavy (non-hydrogen) atoms. The van der Waals surface area contributed by atoms with Crippen LogP contribution in [0, 0.1) is 5.92 Å². The number of nitrogens with one attached hydrogen (secondary N) is 2. The van der Waals surface area contributed by atoms with Crippen LogP contribution in [-0.2, 0) is 4.79 Å². The minimum Gasteiger partial charge on any atom is -0.352 e. The zero-order valence-corrected chi connectivity index (χ0v) is 12.3. The minimum absolute atomic E-state index is 0.208. The Morgan fingerprint density at radius 2 is 1.89 bits per heavy atom. The van der Waals surface area contributed by atoms with Crippen LogP contribution < -0.4 is 10.6 Å². The van der Waals surface area contributed by atoms with Gasteiger partial charge in [0.05, 0.1) is 6.54 Å². The highest BCUT2D eigenvalue weighted by Crippen LogP contribution is 2.18. The van der Waals surface area contributed by atoms with E-state index in [9.17, 15) is 4.79 Å². The van der Waals surface area contributed by atoms with Gasteiger partial charge in [-0.25, -0.2) is 0 Å². The summed E-state index contributed by atoms with van der Waals surface area (Å²) in [7, 11) is 2.06. The Balaban J connectivity index is 1.57. The van der Waals surface area contributed by atoms with Crippen molar-refractivity contribution in [1.29, 1.82) is 0 Å². The van der Waals surface area contributed by atoms with Gasteiger partial charge < -0.3 is 10.6 Å². The van der Waals surface area contributed by atoms with Crippen molar-refractivity contribution in [1.82, 2.24) is 15.5 Å². The topological polar surface area (TPSA) is 44.4 Å². The fourth-order valence-corrected chi connectivity index (χ4v) is 3.24.